The standard InChI is InChI=1S/C11H16BrN3O2S/c1-2-3-4-5-14-7-9(16)15(11(14)17)10-13-6-8(12)18-10/h6,9,16H,2-5,7H2,1H3. The molecule has 2 rings (SSSR count). The summed E-state index contributed by atoms with van der Waals surface area (Å²) in [6, 6.07) is -0.152. The van der Waals surface area contributed by atoms with Crippen molar-refractivity contribution < 1.29 is 9.90 Å². The van der Waals surface area contributed by atoms with Crippen LogP contribution in [-0.4, -0.2) is 40.3 Å². The van der Waals surface area contributed by atoms with Crippen molar-refractivity contribution in [1.29, 1.82) is 0 Å². The molecule has 0 aliphatic carbocycles. The summed E-state index contributed by atoms with van der Waals surface area (Å²) in [6.07, 6.45) is 4.04. The molecule has 1 fully saturated rings. The van der Waals surface area contributed by atoms with Crippen molar-refractivity contribution in [2.75, 3.05) is 18.0 Å². The van der Waals surface area contributed by atoms with Crippen LogP contribution in [0.15, 0.2) is 9.98 Å². The second-order valence-electron chi connectivity index (χ2n) is 4.23. The number of rotatable bonds is 5. The van der Waals surface area contributed by atoms with E-state index in [0.717, 1.165) is 23.0 Å². The van der Waals surface area contributed by atoms with E-state index >= 15 is 0 Å². The highest BCUT2D eigenvalue weighted by Crippen LogP contribution is 2.31. The summed E-state index contributed by atoms with van der Waals surface area (Å²) in [5, 5.41) is 10.5. The number of thiazole rings is 1. The SMILES string of the molecule is CCCCCN1CC(O)N(c2ncc(Br)s2)C1=O. The number of hydrogen-bond donors (Lipinski definition) is 1. The van der Waals surface area contributed by atoms with E-state index in [2.05, 4.69) is 27.8 Å². The van der Waals surface area contributed by atoms with Crippen LogP contribution in [0.25, 0.3) is 0 Å². The van der Waals surface area contributed by atoms with Crippen molar-refractivity contribution in [2.45, 2.75) is 32.4 Å². The fourth-order valence-corrected chi connectivity index (χ4v) is 3.16. The molecule has 1 saturated heterocycles. The first kappa shape index (κ1) is 13.8. The van der Waals surface area contributed by atoms with Gasteiger partial charge in [-0.3, -0.25) is 0 Å². The molecule has 0 aromatic carbocycles. The lowest BCUT2D eigenvalue weighted by Crippen LogP contribution is -2.35. The molecule has 1 aromatic rings. The minimum atomic E-state index is -0.794. The van der Waals surface area contributed by atoms with E-state index in [4.69, 9.17) is 0 Å². The van der Waals surface area contributed by atoms with Gasteiger partial charge in [0.1, 0.15) is 0 Å². The first-order chi connectivity index (χ1) is 8.63. The molecule has 2 heterocycles. The Hall–Kier alpha value is -0.660. The summed E-state index contributed by atoms with van der Waals surface area (Å²) in [5.74, 6) is 0. The third kappa shape index (κ3) is 2.84. The van der Waals surface area contributed by atoms with Gasteiger partial charge in [0, 0.05) is 6.54 Å². The molecule has 7 heteroatoms. The van der Waals surface area contributed by atoms with Crippen molar-refractivity contribution in [3.05, 3.63) is 9.98 Å². The second-order valence-corrected chi connectivity index (χ2v) is 6.62. The van der Waals surface area contributed by atoms with Gasteiger partial charge in [-0.2, -0.15) is 0 Å². The Morgan fingerprint density at radius 3 is 3.00 bits per heavy atom. The zero-order chi connectivity index (χ0) is 13.1. The molecule has 0 saturated carbocycles. The molecule has 18 heavy (non-hydrogen) atoms. The third-order valence-corrected chi connectivity index (χ3v) is 4.34. The maximum atomic E-state index is 12.2. The second kappa shape index (κ2) is 5.99. The molecule has 1 atom stereocenters. The van der Waals surface area contributed by atoms with Crippen LogP contribution in [0.3, 0.4) is 0 Å². The number of β-amino-alcohol motifs (C(OH)–C–C–N with tert-alkyl or cyclic N) is 1. The number of halogens is 1. The lowest BCUT2D eigenvalue weighted by Gasteiger charge is -2.16. The predicted octanol–water partition coefficient (Wildman–Crippen LogP) is 2.66. The zero-order valence-electron chi connectivity index (χ0n) is 10.2. The summed E-state index contributed by atoms with van der Waals surface area (Å²) < 4.78 is 0.849. The minimum absolute atomic E-state index is 0.152. The number of anilines is 1. The van der Waals surface area contributed by atoms with Gasteiger partial charge >= 0.3 is 6.03 Å². The molecular formula is C11H16BrN3O2S. The average Bonchev–Trinajstić information content (AvgIpc) is 2.85. The lowest BCUT2D eigenvalue weighted by atomic mass is 10.2. The van der Waals surface area contributed by atoms with Crippen LogP contribution in [0.2, 0.25) is 0 Å². The number of urea groups is 1. The third-order valence-electron chi connectivity index (χ3n) is 2.86. The lowest BCUT2D eigenvalue weighted by molar-refractivity contribution is 0.176. The van der Waals surface area contributed by atoms with Gasteiger partial charge in [-0.25, -0.2) is 14.7 Å². The number of aromatic nitrogens is 1. The van der Waals surface area contributed by atoms with Crippen LogP contribution >= 0.6 is 27.3 Å². The van der Waals surface area contributed by atoms with Crippen molar-refractivity contribution >= 4 is 38.4 Å². The molecule has 5 nitrogen and oxygen atoms in total. The van der Waals surface area contributed by atoms with Gasteiger partial charge < -0.3 is 10.0 Å². The minimum Gasteiger partial charge on any atom is -0.371 e. The molecule has 100 valence electrons. The van der Waals surface area contributed by atoms with Gasteiger partial charge in [-0.15, -0.1) is 0 Å². The number of unbranched alkanes of at least 4 members (excludes halogenated alkanes) is 2. The molecule has 0 spiro atoms. The Morgan fingerprint density at radius 1 is 1.61 bits per heavy atom. The van der Waals surface area contributed by atoms with Gasteiger partial charge in [-0.1, -0.05) is 31.1 Å². The Kier molecular flexibility index (Phi) is 4.58. The van der Waals surface area contributed by atoms with Crippen molar-refractivity contribution in [3.63, 3.8) is 0 Å². The highest BCUT2D eigenvalue weighted by atomic mass is 79.9. The molecule has 0 bridgehead atoms. The molecule has 1 aromatic heterocycles. The Morgan fingerprint density at radius 2 is 2.39 bits per heavy atom. The van der Waals surface area contributed by atoms with Crippen LogP contribution < -0.4 is 4.90 Å². The highest BCUT2D eigenvalue weighted by molar-refractivity contribution is 9.11. The molecular weight excluding hydrogens is 318 g/mol. The van der Waals surface area contributed by atoms with Crippen LogP contribution in [0, 0.1) is 0 Å². The fraction of sp³-hybridized carbons (Fsp3) is 0.636. The van der Waals surface area contributed by atoms with Gasteiger partial charge in [0.15, 0.2) is 11.4 Å². The molecule has 1 aliphatic heterocycles. The van der Waals surface area contributed by atoms with Crippen molar-refractivity contribution in [2.24, 2.45) is 0 Å². The largest absolute Gasteiger partial charge is 0.371 e. The Balaban J connectivity index is 2.02. The molecule has 0 radical (unpaired) electrons. The smallest absolute Gasteiger partial charge is 0.328 e. The van der Waals surface area contributed by atoms with Crippen LogP contribution in [0.4, 0.5) is 9.93 Å². The van der Waals surface area contributed by atoms with Gasteiger partial charge in [0.05, 0.1) is 16.5 Å². The van der Waals surface area contributed by atoms with E-state index < -0.39 is 6.23 Å². The van der Waals surface area contributed by atoms with Gasteiger partial charge in [0.25, 0.3) is 0 Å². The van der Waals surface area contributed by atoms with E-state index in [1.165, 1.54) is 16.2 Å². The highest BCUT2D eigenvalue weighted by Gasteiger charge is 2.38. The number of carbonyl (C=O) groups excluding carboxylic acids is 1. The molecule has 1 aliphatic rings. The summed E-state index contributed by atoms with van der Waals surface area (Å²) in [7, 11) is 0. The van der Waals surface area contributed by atoms with Crippen molar-refractivity contribution in [3.8, 4) is 0 Å². The topological polar surface area (TPSA) is 56.7 Å². The summed E-state index contributed by atoms with van der Waals surface area (Å²) in [6.45, 7) is 3.19. The first-order valence-corrected chi connectivity index (χ1v) is 7.62. The number of hydrogen-bond acceptors (Lipinski definition) is 4. The Bertz CT molecular complexity index is 426. The number of nitrogens with zero attached hydrogens (tertiary/aromatic N) is 3. The quantitative estimate of drug-likeness (QED) is 0.843. The summed E-state index contributed by atoms with van der Waals surface area (Å²) >= 11 is 4.66. The van der Waals surface area contributed by atoms with Gasteiger partial charge in [-0.05, 0) is 22.4 Å². The normalized spacial score (nSPS) is 19.9. The zero-order valence-corrected chi connectivity index (χ0v) is 12.6. The van der Waals surface area contributed by atoms with E-state index in [1.807, 2.05) is 0 Å². The number of aliphatic hydroxyl groups is 1. The number of amides is 2. The van der Waals surface area contributed by atoms with E-state index in [9.17, 15) is 9.90 Å². The van der Waals surface area contributed by atoms with Crippen molar-refractivity contribution in [1.82, 2.24) is 9.88 Å². The van der Waals surface area contributed by atoms with E-state index in [0.29, 0.717) is 18.2 Å². The number of aliphatic hydroxyl groups excluding tert-OH is 1. The van der Waals surface area contributed by atoms with Crippen LogP contribution in [-0.2, 0) is 0 Å². The maximum absolute atomic E-state index is 12.2. The predicted molar refractivity (Wildman–Crippen MR) is 74.8 cm³/mol. The maximum Gasteiger partial charge on any atom is 0.328 e. The van der Waals surface area contributed by atoms with E-state index in [1.54, 1.807) is 11.1 Å². The van der Waals surface area contributed by atoms with Gasteiger partial charge in [0.2, 0.25) is 0 Å². The number of carbonyl (C=O) groups is 1. The average molecular weight is 334 g/mol. The molecule has 2 amide bonds. The van der Waals surface area contributed by atoms with Crippen LogP contribution in [0.5, 0.6) is 0 Å². The Labute approximate surface area is 119 Å². The van der Waals surface area contributed by atoms with Crippen LogP contribution in [0.1, 0.15) is 26.2 Å². The fourth-order valence-electron chi connectivity index (χ4n) is 1.94. The molecule has 1 N–H and O–H groups in total. The first-order valence-electron chi connectivity index (χ1n) is 6.01. The summed E-state index contributed by atoms with van der Waals surface area (Å²) in [4.78, 5) is 19.3. The molecule has 1 unspecified atom stereocenters. The van der Waals surface area contributed by atoms with E-state index in [-0.39, 0.29) is 6.03 Å². The summed E-state index contributed by atoms with van der Waals surface area (Å²) in [5.41, 5.74) is 0. The monoisotopic (exact) mass is 333 g/mol.